The number of fused-ring (bicyclic) bond motifs is 1. The third kappa shape index (κ3) is 5.09. The van der Waals surface area contributed by atoms with Gasteiger partial charge in [-0.25, -0.2) is 9.97 Å². The van der Waals surface area contributed by atoms with Gasteiger partial charge in [0, 0.05) is 25.8 Å². The molecule has 1 atom stereocenters. The Morgan fingerprint density at radius 1 is 1.03 bits per heavy atom. The van der Waals surface area contributed by atoms with E-state index in [9.17, 15) is 9.59 Å². The number of pyridine rings is 1. The molecule has 7 heteroatoms. The van der Waals surface area contributed by atoms with E-state index in [-0.39, 0.29) is 17.4 Å². The number of aromatic nitrogens is 3. The predicted molar refractivity (Wildman–Crippen MR) is 137 cm³/mol. The van der Waals surface area contributed by atoms with Gasteiger partial charge >= 0.3 is 0 Å². The van der Waals surface area contributed by atoms with Crippen molar-refractivity contribution in [3.8, 4) is 0 Å². The number of nitrogens with one attached hydrogen (secondary N) is 1. The molecule has 7 nitrogen and oxygen atoms in total. The molecule has 4 aromatic rings. The monoisotopic (exact) mass is 467 g/mol. The first-order valence-corrected chi connectivity index (χ1v) is 12.1. The summed E-state index contributed by atoms with van der Waals surface area (Å²) in [6.07, 6.45) is 3.30. The van der Waals surface area contributed by atoms with Crippen molar-refractivity contribution in [2.75, 3.05) is 18.0 Å². The van der Waals surface area contributed by atoms with Crippen LogP contribution in [0.4, 0.5) is 5.82 Å². The van der Waals surface area contributed by atoms with E-state index in [1.807, 2.05) is 78.6 Å². The second kappa shape index (κ2) is 10.1. The Morgan fingerprint density at radius 2 is 1.83 bits per heavy atom. The Kier molecular flexibility index (Phi) is 6.57. The minimum absolute atomic E-state index is 0.0161. The fourth-order valence-corrected chi connectivity index (χ4v) is 4.60. The van der Waals surface area contributed by atoms with Gasteiger partial charge in [-0.2, -0.15) is 0 Å². The summed E-state index contributed by atoms with van der Waals surface area (Å²) in [5, 5.41) is 3.07. The Morgan fingerprint density at radius 3 is 2.63 bits per heavy atom. The Balaban J connectivity index is 1.38. The standard InChI is InChI=1S/C28H29N5O2/c1-20-11-13-21(14-12-20)17-30-27(34)23-9-6-16-32(19-23)26-28(35)33(18-22-7-3-2-4-8-22)25-24(31-26)10-5-15-29-25/h2-5,7-8,10-15,23H,6,9,16-19H2,1H3,(H,30,34). The summed E-state index contributed by atoms with van der Waals surface area (Å²) in [5.41, 5.74) is 4.34. The number of anilines is 1. The fourth-order valence-electron chi connectivity index (χ4n) is 4.60. The zero-order valence-corrected chi connectivity index (χ0v) is 19.9. The van der Waals surface area contributed by atoms with Crippen molar-refractivity contribution in [2.24, 2.45) is 5.92 Å². The molecule has 2 aromatic carbocycles. The molecule has 0 aliphatic carbocycles. The highest BCUT2D eigenvalue weighted by Gasteiger charge is 2.28. The number of amides is 1. The number of hydrogen-bond acceptors (Lipinski definition) is 5. The lowest BCUT2D eigenvalue weighted by Crippen LogP contribution is -2.45. The van der Waals surface area contributed by atoms with Gasteiger partial charge in [-0.05, 0) is 43.0 Å². The maximum atomic E-state index is 13.6. The molecular formula is C28H29N5O2. The molecule has 0 bridgehead atoms. The minimum atomic E-state index is -0.192. The molecule has 0 saturated carbocycles. The minimum Gasteiger partial charge on any atom is -0.352 e. The van der Waals surface area contributed by atoms with Crippen LogP contribution in [0.15, 0.2) is 77.7 Å². The molecule has 35 heavy (non-hydrogen) atoms. The van der Waals surface area contributed by atoms with Gasteiger partial charge in [0.15, 0.2) is 11.5 Å². The van der Waals surface area contributed by atoms with Crippen LogP contribution in [-0.4, -0.2) is 33.5 Å². The van der Waals surface area contributed by atoms with Crippen LogP contribution in [-0.2, 0) is 17.9 Å². The lowest BCUT2D eigenvalue weighted by atomic mass is 9.97. The van der Waals surface area contributed by atoms with E-state index in [4.69, 9.17) is 4.98 Å². The molecule has 178 valence electrons. The summed E-state index contributed by atoms with van der Waals surface area (Å²) >= 11 is 0. The topological polar surface area (TPSA) is 80.1 Å². The van der Waals surface area contributed by atoms with Crippen molar-refractivity contribution in [1.82, 2.24) is 19.9 Å². The number of benzene rings is 2. The van der Waals surface area contributed by atoms with Gasteiger partial charge in [-0.3, -0.25) is 14.2 Å². The third-order valence-electron chi connectivity index (χ3n) is 6.55. The van der Waals surface area contributed by atoms with Crippen LogP contribution in [0.2, 0.25) is 0 Å². The second-order valence-corrected chi connectivity index (χ2v) is 9.15. The van der Waals surface area contributed by atoms with Crippen LogP contribution in [0, 0.1) is 12.8 Å². The van der Waals surface area contributed by atoms with Crippen molar-refractivity contribution in [2.45, 2.75) is 32.9 Å². The Bertz CT molecular complexity index is 1380. The SMILES string of the molecule is Cc1ccc(CNC(=O)C2CCCN(c3nc4cccnc4n(Cc4ccccc4)c3=O)C2)cc1. The molecule has 1 unspecified atom stereocenters. The first-order chi connectivity index (χ1) is 17.1. The largest absolute Gasteiger partial charge is 0.352 e. The maximum Gasteiger partial charge on any atom is 0.295 e. The van der Waals surface area contributed by atoms with E-state index in [0.717, 1.165) is 24.0 Å². The average Bonchev–Trinajstić information content (AvgIpc) is 2.90. The molecule has 1 aliphatic rings. The highest BCUT2D eigenvalue weighted by molar-refractivity contribution is 5.79. The molecule has 1 N–H and O–H groups in total. The predicted octanol–water partition coefficient (Wildman–Crippen LogP) is 3.68. The smallest absolute Gasteiger partial charge is 0.295 e. The summed E-state index contributed by atoms with van der Waals surface area (Å²) in [6.45, 7) is 4.13. The van der Waals surface area contributed by atoms with Gasteiger partial charge in [-0.15, -0.1) is 0 Å². The number of piperidine rings is 1. The van der Waals surface area contributed by atoms with Gasteiger partial charge in [0.2, 0.25) is 5.91 Å². The molecule has 3 heterocycles. The number of rotatable bonds is 6. The zero-order valence-electron chi connectivity index (χ0n) is 19.9. The molecular weight excluding hydrogens is 438 g/mol. The maximum absolute atomic E-state index is 13.6. The average molecular weight is 468 g/mol. The number of hydrogen-bond donors (Lipinski definition) is 1. The van der Waals surface area contributed by atoms with E-state index in [2.05, 4.69) is 10.3 Å². The van der Waals surface area contributed by atoms with Crippen molar-refractivity contribution in [3.05, 3.63) is 100.0 Å². The van der Waals surface area contributed by atoms with Gasteiger partial charge in [0.05, 0.1) is 12.5 Å². The quantitative estimate of drug-likeness (QED) is 0.468. The van der Waals surface area contributed by atoms with Gasteiger partial charge in [0.25, 0.3) is 5.56 Å². The van der Waals surface area contributed by atoms with Crippen molar-refractivity contribution < 1.29 is 4.79 Å². The molecule has 5 rings (SSSR count). The van der Waals surface area contributed by atoms with Crippen LogP contribution >= 0.6 is 0 Å². The number of aryl methyl sites for hydroxylation is 1. The van der Waals surface area contributed by atoms with Crippen molar-refractivity contribution in [1.29, 1.82) is 0 Å². The summed E-state index contributed by atoms with van der Waals surface area (Å²) in [4.78, 5) is 37.7. The van der Waals surface area contributed by atoms with Crippen LogP contribution in [0.3, 0.4) is 0 Å². The van der Waals surface area contributed by atoms with Crippen LogP contribution in [0.1, 0.15) is 29.5 Å². The summed E-state index contributed by atoms with van der Waals surface area (Å²) in [6, 6.07) is 21.7. The Hall–Kier alpha value is -4.00. The molecule has 2 aromatic heterocycles. The second-order valence-electron chi connectivity index (χ2n) is 9.15. The highest BCUT2D eigenvalue weighted by atomic mass is 16.2. The molecule has 1 saturated heterocycles. The molecule has 1 aliphatic heterocycles. The van der Waals surface area contributed by atoms with Crippen molar-refractivity contribution in [3.63, 3.8) is 0 Å². The van der Waals surface area contributed by atoms with E-state index in [0.29, 0.717) is 43.2 Å². The van der Waals surface area contributed by atoms with Gasteiger partial charge in [-0.1, -0.05) is 60.2 Å². The number of carbonyl (C=O) groups excluding carboxylic acids is 1. The van der Waals surface area contributed by atoms with Gasteiger partial charge in [0.1, 0.15) is 5.52 Å². The Labute approximate surface area is 204 Å². The number of carbonyl (C=O) groups is 1. The van der Waals surface area contributed by atoms with Crippen LogP contribution in [0.25, 0.3) is 11.2 Å². The zero-order chi connectivity index (χ0) is 24.2. The van der Waals surface area contributed by atoms with Crippen LogP contribution < -0.4 is 15.8 Å². The first kappa shape index (κ1) is 22.8. The first-order valence-electron chi connectivity index (χ1n) is 12.1. The molecule has 0 radical (unpaired) electrons. The molecule has 1 amide bonds. The lowest BCUT2D eigenvalue weighted by Gasteiger charge is -2.32. The van der Waals surface area contributed by atoms with Crippen LogP contribution in [0.5, 0.6) is 0 Å². The third-order valence-corrected chi connectivity index (χ3v) is 6.55. The summed E-state index contributed by atoms with van der Waals surface area (Å²) < 4.78 is 1.69. The van der Waals surface area contributed by atoms with E-state index in [1.165, 1.54) is 5.56 Å². The molecule has 0 spiro atoms. The summed E-state index contributed by atoms with van der Waals surface area (Å²) in [7, 11) is 0. The lowest BCUT2D eigenvalue weighted by molar-refractivity contribution is -0.125. The van der Waals surface area contributed by atoms with E-state index in [1.54, 1.807) is 10.8 Å². The fraction of sp³-hybridized carbons (Fsp3) is 0.286. The highest BCUT2D eigenvalue weighted by Crippen LogP contribution is 2.22. The van der Waals surface area contributed by atoms with Gasteiger partial charge < -0.3 is 10.2 Å². The summed E-state index contributed by atoms with van der Waals surface area (Å²) in [5.74, 6) is 0.211. The van der Waals surface area contributed by atoms with E-state index >= 15 is 0 Å². The van der Waals surface area contributed by atoms with E-state index < -0.39 is 0 Å². The molecule has 1 fully saturated rings. The number of nitrogens with zero attached hydrogens (tertiary/aromatic N) is 4. The normalized spacial score (nSPS) is 15.8. The van der Waals surface area contributed by atoms with Crippen molar-refractivity contribution >= 4 is 22.9 Å².